The first-order chi connectivity index (χ1) is 15.1. The van der Waals surface area contributed by atoms with E-state index in [9.17, 15) is 22.0 Å². The summed E-state index contributed by atoms with van der Waals surface area (Å²) in [7, 11) is 0. The highest BCUT2D eigenvalue weighted by Crippen LogP contribution is 2.33. The number of benzene rings is 2. The average Bonchev–Trinajstić information content (AvgIpc) is 2.78. The van der Waals surface area contributed by atoms with Crippen molar-refractivity contribution in [3.63, 3.8) is 0 Å². The summed E-state index contributed by atoms with van der Waals surface area (Å²) < 4.78 is 66.7. The van der Waals surface area contributed by atoms with Crippen LogP contribution in [0.3, 0.4) is 0 Å². The molecule has 6 N–H and O–H groups in total. The maximum absolute atomic E-state index is 14.1. The lowest BCUT2D eigenvalue weighted by molar-refractivity contribution is -0.137. The van der Waals surface area contributed by atoms with Gasteiger partial charge in [-0.25, -0.2) is 19.6 Å². The molecule has 0 saturated carbocycles. The number of anilines is 2. The lowest BCUT2D eigenvalue weighted by Gasteiger charge is -2.22. The number of alkyl halides is 3. The predicted molar refractivity (Wildman–Crippen MR) is 114 cm³/mol. The number of pyridine rings is 1. The van der Waals surface area contributed by atoms with Gasteiger partial charge in [0.15, 0.2) is 17.5 Å². The largest absolute Gasteiger partial charge is 0.416 e. The van der Waals surface area contributed by atoms with E-state index in [2.05, 4.69) is 10.1 Å². The fourth-order valence-electron chi connectivity index (χ4n) is 2.74. The first kappa shape index (κ1) is 24.5. The van der Waals surface area contributed by atoms with Crippen molar-refractivity contribution in [1.29, 1.82) is 0 Å². The van der Waals surface area contributed by atoms with Crippen molar-refractivity contribution >= 4 is 17.3 Å². The summed E-state index contributed by atoms with van der Waals surface area (Å²) in [6.07, 6.45) is -3.28. The summed E-state index contributed by atoms with van der Waals surface area (Å²) in [6, 6.07) is 9.20. The number of halogens is 5. The smallest absolute Gasteiger partial charge is 0.383 e. The molecular weight excluding hydrogens is 431 g/mol. The highest BCUT2D eigenvalue weighted by molar-refractivity contribution is 6.12. The van der Waals surface area contributed by atoms with Crippen LogP contribution in [0.25, 0.3) is 11.1 Å². The third kappa shape index (κ3) is 5.11. The molecular formula is C21H21F5N6. The maximum Gasteiger partial charge on any atom is 0.416 e. The summed E-state index contributed by atoms with van der Waals surface area (Å²) in [5, 5.41) is 4.15. The molecule has 6 nitrogen and oxygen atoms in total. The van der Waals surface area contributed by atoms with Crippen molar-refractivity contribution in [2.45, 2.75) is 20.0 Å². The lowest BCUT2D eigenvalue weighted by atomic mass is 10.0. The molecule has 0 spiro atoms. The fraction of sp³-hybridized carbons (Fsp3) is 0.143. The van der Waals surface area contributed by atoms with Gasteiger partial charge in [-0.1, -0.05) is 32.0 Å². The minimum atomic E-state index is -4.53. The van der Waals surface area contributed by atoms with Crippen molar-refractivity contribution in [3.8, 4) is 11.1 Å². The Morgan fingerprint density at radius 2 is 1.66 bits per heavy atom. The standard InChI is InChI=1S/C19H15F5N6.C2H6/c20-14-5-2-6-15(16(14)21)30(27)18(29-26)13-8-11(9-28-17(13)25)10-3-1-4-12(7-10)19(22,23)24;1-2/h1-9H,26-27H2,(H2,25,28);1-2H3/b29-18-;. The molecule has 0 unspecified atom stereocenters. The molecule has 0 amide bonds. The molecule has 11 heteroatoms. The van der Waals surface area contributed by atoms with Crippen LogP contribution in [-0.4, -0.2) is 10.8 Å². The van der Waals surface area contributed by atoms with Crippen molar-refractivity contribution in [1.82, 2.24) is 4.98 Å². The second-order valence-electron chi connectivity index (χ2n) is 6.13. The zero-order valence-electron chi connectivity index (χ0n) is 17.2. The van der Waals surface area contributed by atoms with E-state index >= 15 is 0 Å². The minimum absolute atomic E-state index is 0.0126. The van der Waals surface area contributed by atoms with Gasteiger partial charge in [-0.2, -0.15) is 18.3 Å². The van der Waals surface area contributed by atoms with Crippen LogP contribution in [0.4, 0.5) is 33.5 Å². The van der Waals surface area contributed by atoms with Gasteiger partial charge in [0.05, 0.1) is 16.8 Å². The van der Waals surface area contributed by atoms with Gasteiger partial charge in [0.2, 0.25) is 0 Å². The first-order valence-corrected chi connectivity index (χ1v) is 9.33. The van der Waals surface area contributed by atoms with Gasteiger partial charge in [-0.15, -0.1) is 0 Å². The van der Waals surface area contributed by atoms with E-state index in [0.717, 1.165) is 18.2 Å². The second kappa shape index (κ2) is 10.1. The van der Waals surface area contributed by atoms with Gasteiger partial charge < -0.3 is 11.6 Å². The molecule has 0 aliphatic heterocycles. The summed E-state index contributed by atoms with van der Waals surface area (Å²) in [6.45, 7) is 4.00. The second-order valence-corrected chi connectivity index (χ2v) is 6.13. The van der Waals surface area contributed by atoms with E-state index < -0.39 is 23.4 Å². The number of amidine groups is 1. The highest BCUT2D eigenvalue weighted by Gasteiger charge is 2.30. The van der Waals surface area contributed by atoms with Gasteiger partial charge in [-0.3, -0.25) is 5.01 Å². The van der Waals surface area contributed by atoms with E-state index in [0.29, 0.717) is 5.01 Å². The van der Waals surface area contributed by atoms with Crippen molar-refractivity contribution in [2.24, 2.45) is 16.8 Å². The number of aromatic nitrogens is 1. The number of hydrazone groups is 1. The SMILES string of the molecule is CC.N/N=C(/c1cc(-c2cccc(C(F)(F)F)c2)cnc1N)N(N)c1cccc(F)c1F. The Bertz CT molecular complexity index is 1110. The zero-order valence-corrected chi connectivity index (χ0v) is 17.2. The minimum Gasteiger partial charge on any atom is -0.383 e. The maximum atomic E-state index is 14.1. The van der Waals surface area contributed by atoms with Crippen molar-refractivity contribution in [2.75, 3.05) is 10.7 Å². The van der Waals surface area contributed by atoms with Crippen LogP contribution in [0.5, 0.6) is 0 Å². The molecule has 0 fully saturated rings. The van der Waals surface area contributed by atoms with Crippen LogP contribution in [0.15, 0.2) is 59.8 Å². The zero-order chi connectivity index (χ0) is 24.1. The summed E-state index contributed by atoms with van der Waals surface area (Å²) >= 11 is 0. The van der Waals surface area contributed by atoms with Crippen LogP contribution in [0, 0.1) is 11.6 Å². The molecule has 0 aliphatic rings. The Balaban J connectivity index is 0.00000176. The van der Waals surface area contributed by atoms with E-state index in [1.807, 2.05) is 13.8 Å². The quantitative estimate of drug-likeness (QED) is 0.176. The number of nitrogens with two attached hydrogens (primary N) is 3. The molecule has 1 heterocycles. The van der Waals surface area contributed by atoms with E-state index in [4.69, 9.17) is 17.4 Å². The molecule has 170 valence electrons. The molecule has 1 aromatic heterocycles. The number of rotatable bonds is 3. The molecule has 3 rings (SSSR count). The predicted octanol–water partition coefficient (Wildman–Crippen LogP) is 4.65. The Hall–Kier alpha value is -3.73. The van der Waals surface area contributed by atoms with Gasteiger partial charge >= 0.3 is 6.18 Å². The van der Waals surface area contributed by atoms with Crippen LogP contribution in [0.1, 0.15) is 25.0 Å². The highest BCUT2D eigenvalue weighted by atomic mass is 19.4. The molecule has 0 radical (unpaired) electrons. The van der Waals surface area contributed by atoms with Crippen LogP contribution >= 0.6 is 0 Å². The van der Waals surface area contributed by atoms with Crippen LogP contribution < -0.4 is 22.4 Å². The third-order valence-corrected chi connectivity index (χ3v) is 4.22. The summed E-state index contributed by atoms with van der Waals surface area (Å²) in [4.78, 5) is 3.94. The molecule has 32 heavy (non-hydrogen) atoms. The van der Waals surface area contributed by atoms with Gasteiger partial charge in [0.1, 0.15) is 5.82 Å². The van der Waals surface area contributed by atoms with Gasteiger partial charge in [0.25, 0.3) is 0 Å². The summed E-state index contributed by atoms with van der Waals surface area (Å²) in [5.74, 6) is 8.46. The molecule has 0 saturated heterocycles. The molecule has 0 bridgehead atoms. The Labute approximate surface area is 181 Å². The molecule has 0 atom stereocenters. The number of hydrogen-bond acceptors (Lipinski definition) is 5. The number of hydrogen-bond donors (Lipinski definition) is 3. The average molecular weight is 452 g/mol. The number of nitrogen functional groups attached to an aromatic ring is 1. The van der Waals surface area contributed by atoms with E-state index in [1.54, 1.807) is 0 Å². The first-order valence-electron chi connectivity index (χ1n) is 9.33. The Kier molecular flexibility index (Phi) is 7.71. The normalized spacial score (nSPS) is 11.6. The summed E-state index contributed by atoms with van der Waals surface area (Å²) in [5.41, 5.74) is 5.06. The molecule has 2 aromatic carbocycles. The Morgan fingerprint density at radius 3 is 2.28 bits per heavy atom. The topological polar surface area (TPSA) is 107 Å². The number of nitrogens with zero attached hydrogens (tertiary/aromatic N) is 3. The lowest BCUT2D eigenvalue weighted by Crippen LogP contribution is -2.40. The van der Waals surface area contributed by atoms with Crippen LogP contribution in [0.2, 0.25) is 0 Å². The third-order valence-electron chi connectivity index (χ3n) is 4.22. The monoisotopic (exact) mass is 452 g/mol. The van der Waals surface area contributed by atoms with Crippen molar-refractivity contribution < 1.29 is 22.0 Å². The van der Waals surface area contributed by atoms with Gasteiger partial charge in [-0.05, 0) is 35.9 Å². The molecule has 3 aromatic rings. The van der Waals surface area contributed by atoms with E-state index in [1.165, 1.54) is 36.5 Å². The van der Waals surface area contributed by atoms with Gasteiger partial charge in [0, 0.05) is 11.8 Å². The Morgan fingerprint density at radius 1 is 1.00 bits per heavy atom. The molecule has 0 aliphatic carbocycles. The van der Waals surface area contributed by atoms with E-state index in [-0.39, 0.29) is 34.0 Å². The number of hydrazine groups is 1. The van der Waals surface area contributed by atoms with Crippen LogP contribution in [-0.2, 0) is 6.18 Å². The fourth-order valence-corrected chi connectivity index (χ4v) is 2.74. The van der Waals surface area contributed by atoms with Crippen molar-refractivity contribution in [3.05, 3.63) is 77.5 Å².